The predicted octanol–water partition coefficient (Wildman–Crippen LogP) is 2.52. The summed E-state index contributed by atoms with van der Waals surface area (Å²) in [5.41, 5.74) is 7.16. The Balaban J connectivity index is 2.47. The summed E-state index contributed by atoms with van der Waals surface area (Å²) in [7, 11) is 1.59. The summed E-state index contributed by atoms with van der Waals surface area (Å²) >= 11 is 0. The number of benzene rings is 1. The van der Waals surface area contributed by atoms with Crippen LogP contribution in [0.25, 0.3) is 0 Å². The minimum Gasteiger partial charge on any atom is -0.496 e. The molecule has 0 radical (unpaired) electrons. The van der Waals surface area contributed by atoms with Crippen molar-refractivity contribution in [1.82, 2.24) is 0 Å². The normalized spacial score (nSPS) is 17.2. The Morgan fingerprint density at radius 3 is 2.62 bits per heavy atom. The number of hydrogen-bond acceptors (Lipinski definition) is 2. The van der Waals surface area contributed by atoms with E-state index in [9.17, 15) is 4.39 Å². The third-order valence-electron chi connectivity index (χ3n) is 3.43. The molecule has 1 aromatic carbocycles. The first kappa shape index (κ1) is 11.4. The lowest BCUT2D eigenvalue weighted by atomic mass is 9.90. The molecule has 0 unspecified atom stereocenters. The lowest BCUT2D eigenvalue weighted by Gasteiger charge is -2.19. The molecule has 0 aliphatic heterocycles. The average molecular weight is 223 g/mol. The number of halogens is 1. The van der Waals surface area contributed by atoms with E-state index >= 15 is 0 Å². The highest BCUT2D eigenvalue weighted by Gasteiger charge is 2.47. The summed E-state index contributed by atoms with van der Waals surface area (Å²) in [6.07, 6.45) is 2.87. The van der Waals surface area contributed by atoms with Gasteiger partial charge in [-0.05, 0) is 50.4 Å². The summed E-state index contributed by atoms with van der Waals surface area (Å²) in [5, 5.41) is 0. The highest BCUT2D eigenvalue weighted by Crippen LogP contribution is 2.54. The van der Waals surface area contributed by atoms with Gasteiger partial charge in [-0.15, -0.1) is 0 Å². The first-order valence-electron chi connectivity index (χ1n) is 5.67. The Bertz CT molecular complexity index is 399. The van der Waals surface area contributed by atoms with Crippen LogP contribution in [0.4, 0.5) is 4.39 Å². The number of ether oxygens (including phenoxy) is 1. The number of rotatable bonds is 4. The van der Waals surface area contributed by atoms with Crippen LogP contribution in [0.2, 0.25) is 0 Å². The topological polar surface area (TPSA) is 35.2 Å². The van der Waals surface area contributed by atoms with Crippen LogP contribution in [0.3, 0.4) is 0 Å². The van der Waals surface area contributed by atoms with E-state index in [0.717, 1.165) is 30.4 Å². The molecule has 1 saturated carbocycles. The van der Waals surface area contributed by atoms with Crippen LogP contribution >= 0.6 is 0 Å². The van der Waals surface area contributed by atoms with Gasteiger partial charge in [-0.25, -0.2) is 4.39 Å². The van der Waals surface area contributed by atoms with E-state index in [4.69, 9.17) is 10.5 Å². The molecule has 0 amide bonds. The molecule has 1 aliphatic rings. The van der Waals surface area contributed by atoms with Gasteiger partial charge in [-0.3, -0.25) is 0 Å². The first-order chi connectivity index (χ1) is 7.63. The van der Waals surface area contributed by atoms with Crippen LogP contribution < -0.4 is 10.5 Å². The van der Waals surface area contributed by atoms with Gasteiger partial charge in [0.15, 0.2) is 0 Å². The molecular weight excluding hydrogens is 205 g/mol. The molecule has 3 heteroatoms. The van der Waals surface area contributed by atoms with Crippen molar-refractivity contribution in [2.24, 2.45) is 5.73 Å². The summed E-state index contributed by atoms with van der Waals surface area (Å²) in [6, 6.07) is 3.48. The molecule has 0 atom stereocenters. The largest absolute Gasteiger partial charge is 0.496 e. The molecule has 1 aliphatic carbocycles. The quantitative estimate of drug-likeness (QED) is 0.851. The molecular formula is C13H18FNO. The molecule has 2 rings (SSSR count). The van der Waals surface area contributed by atoms with Crippen molar-refractivity contribution in [3.05, 3.63) is 29.1 Å². The summed E-state index contributed by atoms with van der Waals surface area (Å²) < 4.78 is 19.3. The molecule has 0 saturated heterocycles. The highest BCUT2D eigenvalue weighted by molar-refractivity contribution is 5.46. The number of methoxy groups -OCH3 is 1. The Labute approximate surface area is 95.6 Å². The predicted molar refractivity (Wildman–Crippen MR) is 62.3 cm³/mol. The minimum atomic E-state index is -0.150. The van der Waals surface area contributed by atoms with Gasteiger partial charge in [0.25, 0.3) is 0 Å². The summed E-state index contributed by atoms with van der Waals surface area (Å²) in [4.78, 5) is 0. The standard InChI is InChI=1S/C13H18FNO/c1-9-7-10(14)12(11(8-9)16-2)13(3-4-13)5-6-15/h7-8H,3-6,15H2,1-2H3. The van der Waals surface area contributed by atoms with Gasteiger partial charge in [-0.1, -0.05) is 0 Å². The molecule has 16 heavy (non-hydrogen) atoms. The van der Waals surface area contributed by atoms with Crippen molar-refractivity contribution in [2.75, 3.05) is 13.7 Å². The molecule has 0 aromatic heterocycles. The zero-order valence-electron chi connectivity index (χ0n) is 9.85. The van der Waals surface area contributed by atoms with Crippen LogP contribution in [0.1, 0.15) is 30.4 Å². The molecule has 0 bridgehead atoms. The van der Waals surface area contributed by atoms with E-state index in [1.165, 1.54) is 0 Å². The molecule has 2 N–H and O–H groups in total. The monoisotopic (exact) mass is 223 g/mol. The third-order valence-corrected chi connectivity index (χ3v) is 3.43. The van der Waals surface area contributed by atoms with Crippen LogP contribution in [-0.2, 0) is 5.41 Å². The maximum atomic E-state index is 14.0. The van der Waals surface area contributed by atoms with Gasteiger partial charge in [-0.2, -0.15) is 0 Å². The molecule has 88 valence electrons. The van der Waals surface area contributed by atoms with Crippen LogP contribution in [-0.4, -0.2) is 13.7 Å². The summed E-state index contributed by atoms with van der Waals surface area (Å²) in [5.74, 6) is 0.520. The number of hydrogen-bond donors (Lipinski definition) is 1. The number of aryl methyl sites for hydroxylation is 1. The fraction of sp³-hybridized carbons (Fsp3) is 0.538. The fourth-order valence-corrected chi connectivity index (χ4v) is 2.44. The van der Waals surface area contributed by atoms with E-state index in [1.807, 2.05) is 13.0 Å². The molecule has 0 heterocycles. The van der Waals surface area contributed by atoms with Gasteiger partial charge >= 0.3 is 0 Å². The van der Waals surface area contributed by atoms with E-state index in [0.29, 0.717) is 12.3 Å². The molecule has 0 spiro atoms. The SMILES string of the molecule is COc1cc(C)cc(F)c1C1(CCN)CC1. The van der Waals surface area contributed by atoms with Crippen molar-refractivity contribution < 1.29 is 9.13 Å². The number of nitrogens with two attached hydrogens (primary N) is 1. The van der Waals surface area contributed by atoms with E-state index < -0.39 is 0 Å². The van der Waals surface area contributed by atoms with Gasteiger partial charge in [0.1, 0.15) is 11.6 Å². The Morgan fingerprint density at radius 1 is 1.44 bits per heavy atom. The maximum Gasteiger partial charge on any atom is 0.130 e. The highest BCUT2D eigenvalue weighted by atomic mass is 19.1. The third kappa shape index (κ3) is 1.80. The minimum absolute atomic E-state index is 0.0577. The van der Waals surface area contributed by atoms with Crippen LogP contribution in [0.5, 0.6) is 5.75 Å². The van der Waals surface area contributed by atoms with Gasteiger partial charge in [0, 0.05) is 11.0 Å². The zero-order chi connectivity index (χ0) is 11.8. The van der Waals surface area contributed by atoms with Crippen LogP contribution in [0.15, 0.2) is 12.1 Å². The van der Waals surface area contributed by atoms with Gasteiger partial charge < -0.3 is 10.5 Å². The second-order valence-electron chi connectivity index (χ2n) is 4.64. The van der Waals surface area contributed by atoms with Crippen molar-refractivity contribution in [3.63, 3.8) is 0 Å². The molecule has 2 nitrogen and oxygen atoms in total. The lowest BCUT2D eigenvalue weighted by molar-refractivity contribution is 0.394. The Kier molecular flexibility index (Phi) is 2.89. The molecule has 1 aromatic rings. The first-order valence-corrected chi connectivity index (χ1v) is 5.67. The smallest absolute Gasteiger partial charge is 0.130 e. The van der Waals surface area contributed by atoms with Crippen molar-refractivity contribution in [2.45, 2.75) is 31.6 Å². The van der Waals surface area contributed by atoms with Crippen LogP contribution in [0, 0.1) is 12.7 Å². The zero-order valence-corrected chi connectivity index (χ0v) is 9.85. The van der Waals surface area contributed by atoms with Crippen molar-refractivity contribution >= 4 is 0 Å². The fourth-order valence-electron chi connectivity index (χ4n) is 2.44. The Hall–Kier alpha value is -1.09. The Morgan fingerprint density at radius 2 is 2.12 bits per heavy atom. The second-order valence-corrected chi connectivity index (χ2v) is 4.64. The molecule has 1 fully saturated rings. The van der Waals surface area contributed by atoms with E-state index in [-0.39, 0.29) is 11.2 Å². The summed E-state index contributed by atoms with van der Waals surface area (Å²) in [6.45, 7) is 2.47. The lowest BCUT2D eigenvalue weighted by Crippen LogP contribution is -2.16. The maximum absolute atomic E-state index is 14.0. The van der Waals surface area contributed by atoms with Crippen molar-refractivity contribution in [1.29, 1.82) is 0 Å². The second kappa shape index (κ2) is 4.06. The van der Waals surface area contributed by atoms with E-state index in [2.05, 4.69) is 0 Å². The van der Waals surface area contributed by atoms with E-state index in [1.54, 1.807) is 13.2 Å². The van der Waals surface area contributed by atoms with Crippen molar-refractivity contribution in [3.8, 4) is 5.75 Å². The average Bonchev–Trinajstić information content (AvgIpc) is 2.97. The van der Waals surface area contributed by atoms with Gasteiger partial charge in [0.05, 0.1) is 7.11 Å². The van der Waals surface area contributed by atoms with Gasteiger partial charge in [0.2, 0.25) is 0 Å².